The van der Waals surface area contributed by atoms with Gasteiger partial charge in [-0.1, -0.05) is 12.2 Å². The van der Waals surface area contributed by atoms with Crippen molar-refractivity contribution in [3.63, 3.8) is 0 Å². The number of carbonyl (C=O) groups excluding carboxylic acids is 1. The number of hydrogen-bond donors (Lipinski definition) is 5. The molecule has 1 aliphatic carbocycles. The lowest BCUT2D eigenvalue weighted by molar-refractivity contribution is -0.305. The Morgan fingerprint density at radius 2 is 1.78 bits per heavy atom. The predicted molar refractivity (Wildman–Crippen MR) is 121 cm³/mol. The number of esters is 1. The van der Waals surface area contributed by atoms with E-state index in [4.69, 9.17) is 23.4 Å². The van der Waals surface area contributed by atoms with Crippen LogP contribution in [0.2, 0.25) is 0 Å². The molecule has 2 aromatic rings. The van der Waals surface area contributed by atoms with Crippen LogP contribution in [-0.2, 0) is 24.6 Å². The van der Waals surface area contributed by atoms with Crippen molar-refractivity contribution in [1.29, 1.82) is 0 Å². The third kappa shape index (κ3) is 5.00. The quantitative estimate of drug-likeness (QED) is 0.252. The van der Waals surface area contributed by atoms with Crippen LogP contribution in [-0.4, -0.2) is 82.0 Å². The molecule has 1 saturated heterocycles. The first-order chi connectivity index (χ1) is 17.0. The summed E-state index contributed by atoms with van der Waals surface area (Å²) in [5.74, 6) is -0.825. The van der Waals surface area contributed by atoms with Gasteiger partial charge in [-0.2, -0.15) is 0 Å². The minimum atomic E-state index is -1.84. The molecule has 0 bridgehead atoms. The van der Waals surface area contributed by atoms with Crippen molar-refractivity contribution >= 4 is 16.9 Å². The average Bonchev–Trinajstić information content (AvgIpc) is 2.84. The molecule has 1 fully saturated rings. The molecule has 1 aromatic carbocycles. The van der Waals surface area contributed by atoms with Crippen LogP contribution < -0.4 is 10.2 Å². The second kappa shape index (κ2) is 10.0. The molecular formula is C24H26O12. The van der Waals surface area contributed by atoms with Crippen molar-refractivity contribution in [1.82, 2.24) is 0 Å². The molecule has 0 amide bonds. The highest BCUT2D eigenvalue weighted by Crippen LogP contribution is 2.34. The van der Waals surface area contributed by atoms with Crippen LogP contribution in [0, 0.1) is 0 Å². The topological polar surface area (TPSA) is 185 Å². The second-order valence-corrected chi connectivity index (χ2v) is 8.46. The van der Waals surface area contributed by atoms with Crippen molar-refractivity contribution < 1.29 is 53.7 Å². The molecule has 0 saturated carbocycles. The molecule has 194 valence electrons. The zero-order chi connectivity index (χ0) is 26.2. The van der Waals surface area contributed by atoms with Crippen LogP contribution >= 0.6 is 0 Å². The first-order valence-corrected chi connectivity index (χ1v) is 11.0. The van der Waals surface area contributed by atoms with Gasteiger partial charge in [-0.15, -0.1) is 0 Å². The average molecular weight is 506 g/mol. The number of carbonyl (C=O) groups is 1. The van der Waals surface area contributed by atoms with Gasteiger partial charge in [0.05, 0.1) is 13.2 Å². The summed E-state index contributed by atoms with van der Waals surface area (Å²) in [6, 6.07) is 3.72. The van der Waals surface area contributed by atoms with E-state index in [1.54, 1.807) is 0 Å². The molecule has 0 spiro atoms. The van der Waals surface area contributed by atoms with Crippen LogP contribution in [0.5, 0.6) is 11.5 Å². The summed E-state index contributed by atoms with van der Waals surface area (Å²) >= 11 is 0. The van der Waals surface area contributed by atoms with Crippen molar-refractivity contribution in [3.8, 4) is 11.5 Å². The number of aromatic hydroxyl groups is 1. The van der Waals surface area contributed by atoms with Crippen LogP contribution in [0.3, 0.4) is 0 Å². The number of phenols is 1. The minimum Gasteiger partial charge on any atom is -0.507 e. The summed E-state index contributed by atoms with van der Waals surface area (Å²) in [7, 11) is 1.38. The maximum Gasteiger partial charge on any atom is 0.302 e. The highest BCUT2D eigenvalue weighted by Gasteiger charge is 2.45. The Morgan fingerprint density at radius 1 is 1.08 bits per heavy atom. The molecule has 5 N–H and O–H groups in total. The van der Waals surface area contributed by atoms with E-state index in [9.17, 15) is 35.1 Å². The number of methoxy groups -OCH3 is 1. The Balaban J connectivity index is 1.52. The van der Waals surface area contributed by atoms with E-state index in [0.29, 0.717) is 0 Å². The van der Waals surface area contributed by atoms with Crippen LogP contribution in [0.15, 0.2) is 51.7 Å². The fourth-order valence-corrected chi connectivity index (χ4v) is 3.94. The van der Waals surface area contributed by atoms with Crippen LogP contribution in [0.25, 0.3) is 11.0 Å². The van der Waals surface area contributed by atoms with Gasteiger partial charge in [-0.05, 0) is 12.2 Å². The van der Waals surface area contributed by atoms with E-state index >= 15 is 0 Å². The first kappa shape index (κ1) is 25.8. The van der Waals surface area contributed by atoms with Crippen molar-refractivity contribution in [2.24, 2.45) is 0 Å². The molecule has 0 unspecified atom stereocenters. The van der Waals surface area contributed by atoms with Gasteiger partial charge < -0.3 is 48.9 Å². The highest BCUT2D eigenvalue weighted by atomic mass is 16.7. The molecule has 1 aromatic heterocycles. The summed E-state index contributed by atoms with van der Waals surface area (Å²) in [6.45, 7) is 0.807. The number of rotatable bonds is 6. The molecule has 0 radical (unpaired) electrons. The van der Waals surface area contributed by atoms with Crippen molar-refractivity contribution in [2.45, 2.75) is 49.3 Å². The third-order valence-electron chi connectivity index (χ3n) is 5.90. The SMILES string of the molecule is COc1cc(O)c2c(=O)cc(C3(O)C=CC(O[C@@H]4O[C@H](COC(C)=O)[C@@H](O)[C@H](O)[C@H]4O)C=C3)oc2c1. The minimum absolute atomic E-state index is 0.00745. The number of hydrogen-bond acceptors (Lipinski definition) is 12. The fourth-order valence-electron chi connectivity index (χ4n) is 3.94. The van der Waals surface area contributed by atoms with Gasteiger partial charge in [0.15, 0.2) is 17.3 Å². The van der Waals surface area contributed by atoms with Gasteiger partial charge in [0.2, 0.25) is 0 Å². The van der Waals surface area contributed by atoms with Crippen molar-refractivity contribution in [2.75, 3.05) is 13.7 Å². The van der Waals surface area contributed by atoms with Crippen LogP contribution in [0.1, 0.15) is 12.7 Å². The molecule has 12 nitrogen and oxygen atoms in total. The number of benzene rings is 1. The zero-order valence-corrected chi connectivity index (χ0v) is 19.3. The first-order valence-electron chi connectivity index (χ1n) is 11.0. The summed E-state index contributed by atoms with van der Waals surface area (Å²) < 4.78 is 26.7. The Bertz CT molecular complexity index is 1230. The lowest BCUT2D eigenvalue weighted by atomic mass is 9.93. The number of ether oxygens (including phenoxy) is 4. The fraction of sp³-hybridized carbons (Fsp3) is 0.417. The summed E-state index contributed by atoms with van der Waals surface area (Å²) in [6.07, 6.45) is -2.76. The van der Waals surface area contributed by atoms with Crippen LogP contribution in [0.4, 0.5) is 0 Å². The van der Waals surface area contributed by atoms with E-state index < -0.39 is 53.8 Å². The summed E-state index contributed by atoms with van der Waals surface area (Å²) in [4.78, 5) is 23.7. The Kier molecular flexibility index (Phi) is 7.18. The number of phenolic OH excluding ortho intramolecular Hbond substituents is 1. The molecule has 36 heavy (non-hydrogen) atoms. The third-order valence-corrected chi connectivity index (χ3v) is 5.90. The number of aliphatic hydroxyl groups excluding tert-OH is 3. The van der Waals surface area contributed by atoms with Gasteiger partial charge in [0.25, 0.3) is 0 Å². The normalized spacial score (nSPS) is 31.9. The van der Waals surface area contributed by atoms with E-state index in [1.807, 2.05) is 0 Å². The Morgan fingerprint density at radius 3 is 2.42 bits per heavy atom. The number of fused-ring (bicyclic) bond motifs is 1. The largest absolute Gasteiger partial charge is 0.507 e. The molecule has 1 aliphatic heterocycles. The molecular weight excluding hydrogens is 480 g/mol. The van der Waals surface area contributed by atoms with E-state index in [1.165, 1.54) is 50.5 Å². The Labute approximate surface area is 204 Å². The maximum atomic E-state index is 12.6. The Hall–Kier alpha value is -3.26. The maximum absolute atomic E-state index is 12.6. The van der Waals surface area contributed by atoms with E-state index in [0.717, 1.165) is 6.07 Å². The summed E-state index contributed by atoms with van der Waals surface area (Å²) in [5.41, 5.74) is -2.41. The standard InChI is InChI=1S/C24H26O12/c1-11(25)33-10-17-20(28)21(29)22(30)23(36-17)34-12-3-5-24(31,6-4-12)18-9-15(27)19-14(26)7-13(32-2)8-16(19)35-18/h3-9,12,17,20-23,26,28-31H,10H2,1-2H3/t12?,17-,20-,21+,22-,23-,24?/m1/s1. The molecule has 2 aliphatic rings. The predicted octanol–water partition coefficient (Wildman–Crippen LogP) is -0.423. The number of aliphatic hydroxyl groups is 4. The zero-order valence-electron chi connectivity index (χ0n) is 19.3. The van der Waals surface area contributed by atoms with Crippen molar-refractivity contribution in [3.05, 3.63) is 58.5 Å². The van der Waals surface area contributed by atoms with Gasteiger partial charge in [-0.25, -0.2) is 0 Å². The van der Waals surface area contributed by atoms with Gasteiger partial charge in [0, 0.05) is 25.1 Å². The van der Waals surface area contributed by atoms with E-state index in [2.05, 4.69) is 0 Å². The molecule has 4 rings (SSSR count). The molecule has 12 heteroatoms. The van der Waals surface area contributed by atoms with Gasteiger partial charge in [0.1, 0.15) is 59.3 Å². The lowest BCUT2D eigenvalue weighted by Gasteiger charge is -2.41. The highest BCUT2D eigenvalue weighted by molar-refractivity contribution is 5.84. The summed E-state index contributed by atoms with van der Waals surface area (Å²) in [5, 5.41) is 51.6. The lowest BCUT2D eigenvalue weighted by Crippen LogP contribution is -2.59. The van der Waals surface area contributed by atoms with Gasteiger partial charge in [-0.3, -0.25) is 9.59 Å². The second-order valence-electron chi connectivity index (χ2n) is 8.46. The molecule has 2 heterocycles. The smallest absolute Gasteiger partial charge is 0.302 e. The van der Waals surface area contributed by atoms with E-state index in [-0.39, 0.29) is 34.8 Å². The van der Waals surface area contributed by atoms with Gasteiger partial charge >= 0.3 is 5.97 Å². The monoisotopic (exact) mass is 506 g/mol. The molecule has 5 atom stereocenters.